The molecule has 4 nitrogen and oxygen atoms in total. The van der Waals surface area contributed by atoms with Crippen LogP contribution >= 0.6 is 0 Å². The smallest absolute Gasteiger partial charge is 0.223 e. The van der Waals surface area contributed by atoms with E-state index in [-0.39, 0.29) is 29.7 Å². The van der Waals surface area contributed by atoms with Crippen molar-refractivity contribution < 1.29 is 9.59 Å². The van der Waals surface area contributed by atoms with E-state index in [0.29, 0.717) is 12.5 Å². The zero-order chi connectivity index (χ0) is 16.5. The lowest BCUT2D eigenvalue weighted by Crippen LogP contribution is -2.50. The first kappa shape index (κ1) is 19.0. The van der Waals surface area contributed by atoms with Crippen molar-refractivity contribution in [2.45, 2.75) is 78.7 Å². The van der Waals surface area contributed by atoms with Crippen molar-refractivity contribution in [2.24, 2.45) is 17.8 Å². The molecule has 4 heteroatoms. The maximum absolute atomic E-state index is 12.2. The first-order chi connectivity index (χ1) is 10.5. The molecule has 0 aromatic rings. The highest BCUT2D eigenvalue weighted by atomic mass is 16.2. The highest BCUT2D eigenvalue weighted by Crippen LogP contribution is 2.26. The van der Waals surface area contributed by atoms with Crippen LogP contribution in [0.2, 0.25) is 0 Å². The van der Waals surface area contributed by atoms with Gasteiger partial charge in [-0.15, -0.1) is 0 Å². The molecule has 0 spiro atoms. The number of rotatable bonds is 8. The normalized spacial score (nSPS) is 20.0. The minimum Gasteiger partial charge on any atom is -0.354 e. The minimum atomic E-state index is 0.0383. The van der Waals surface area contributed by atoms with E-state index in [0.717, 1.165) is 25.7 Å². The van der Waals surface area contributed by atoms with Crippen LogP contribution in [0, 0.1) is 17.8 Å². The Labute approximate surface area is 135 Å². The zero-order valence-corrected chi connectivity index (χ0v) is 14.8. The average molecular weight is 310 g/mol. The molecule has 22 heavy (non-hydrogen) atoms. The van der Waals surface area contributed by atoms with Crippen molar-refractivity contribution in [3.8, 4) is 0 Å². The molecule has 0 bridgehead atoms. The van der Waals surface area contributed by atoms with Gasteiger partial charge < -0.3 is 10.6 Å². The second kappa shape index (κ2) is 9.86. The molecule has 3 atom stereocenters. The van der Waals surface area contributed by atoms with E-state index in [1.165, 1.54) is 19.3 Å². The summed E-state index contributed by atoms with van der Waals surface area (Å²) in [7, 11) is 0. The summed E-state index contributed by atoms with van der Waals surface area (Å²) in [4.78, 5) is 24.3. The van der Waals surface area contributed by atoms with Crippen LogP contribution in [0.4, 0.5) is 0 Å². The molecule has 128 valence electrons. The summed E-state index contributed by atoms with van der Waals surface area (Å²) in [5.41, 5.74) is 0. The Morgan fingerprint density at radius 1 is 0.955 bits per heavy atom. The molecule has 0 radical (unpaired) electrons. The van der Waals surface area contributed by atoms with E-state index < -0.39 is 0 Å². The van der Waals surface area contributed by atoms with Crippen LogP contribution in [0.25, 0.3) is 0 Å². The predicted octanol–water partition coefficient (Wildman–Crippen LogP) is 3.26. The molecular weight excluding hydrogens is 276 g/mol. The predicted molar refractivity (Wildman–Crippen MR) is 90.4 cm³/mol. The molecule has 0 aromatic carbocycles. The van der Waals surface area contributed by atoms with Gasteiger partial charge in [-0.05, 0) is 31.6 Å². The largest absolute Gasteiger partial charge is 0.354 e. The van der Waals surface area contributed by atoms with Gasteiger partial charge in [0.15, 0.2) is 0 Å². The molecule has 0 aromatic heterocycles. The number of hydrogen-bond donors (Lipinski definition) is 2. The molecular formula is C18H34N2O2. The summed E-state index contributed by atoms with van der Waals surface area (Å²) in [6.45, 7) is 8.53. The number of carbonyl (C=O) groups excluding carboxylic acids is 2. The molecule has 1 aliphatic carbocycles. The SMILES string of the molecule is CCC(C)C(=O)NCC(NC(=O)C(C)CC)C1CCCCC1. The van der Waals surface area contributed by atoms with E-state index in [1.54, 1.807) is 0 Å². The van der Waals surface area contributed by atoms with Gasteiger partial charge in [0.1, 0.15) is 0 Å². The lowest BCUT2D eigenvalue weighted by molar-refractivity contribution is -0.127. The second-order valence-electron chi connectivity index (χ2n) is 6.88. The summed E-state index contributed by atoms with van der Waals surface area (Å²) in [6, 6.07) is 0.0785. The van der Waals surface area contributed by atoms with Crippen molar-refractivity contribution in [1.82, 2.24) is 10.6 Å². The topological polar surface area (TPSA) is 58.2 Å². The Balaban J connectivity index is 2.61. The first-order valence-electron chi connectivity index (χ1n) is 9.07. The Kier molecular flexibility index (Phi) is 8.51. The Morgan fingerprint density at radius 3 is 2.05 bits per heavy atom. The quantitative estimate of drug-likeness (QED) is 0.723. The molecule has 0 saturated heterocycles. The highest BCUT2D eigenvalue weighted by molar-refractivity contribution is 5.79. The monoisotopic (exact) mass is 310 g/mol. The van der Waals surface area contributed by atoms with Gasteiger partial charge in [-0.2, -0.15) is 0 Å². The van der Waals surface area contributed by atoms with E-state index in [1.807, 2.05) is 27.7 Å². The van der Waals surface area contributed by atoms with Crippen LogP contribution in [-0.4, -0.2) is 24.4 Å². The van der Waals surface area contributed by atoms with Gasteiger partial charge >= 0.3 is 0 Å². The van der Waals surface area contributed by atoms with Crippen LogP contribution < -0.4 is 10.6 Å². The fraction of sp³-hybridized carbons (Fsp3) is 0.889. The number of hydrogen-bond acceptors (Lipinski definition) is 2. The van der Waals surface area contributed by atoms with E-state index >= 15 is 0 Å². The Hall–Kier alpha value is -1.06. The maximum Gasteiger partial charge on any atom is 0.223 e. The number of amides is 2. The fourth-order valence-corrected chi connectivity index (χ4v) is 2.95. The van der Waals surface area contributed by atoms with Crippen molar-refractivity contribution in [2.75, 3.05) is 6.54 Å². The molecule has 1 rings (SSSR count). The zero-order valence-electron chi connectivity index (χ0n) is 14.8. The Bertz CT molecular complexity index is 351. The molecule has 1 saturated carbocycles. The van der Waals surface area contributed by atoms with Crippen LogP contribution in [0.15, 0.2) is 0 Å². The van der Waals surface area contributed by atoms with Gasteiger partial charge in [-0.25, -0.2) is 0 Å². The molecule has 0 heterocycles. The number of nitrogens with one attached hydrogen (secondary N) is 2. The summed E-state index contributed by atoms with van der Waals surface area (Å²) >= 11 is 0. The van der Waals surface area contributed by atoms with Gasteiger partial charge in [0.25, 0.3) is 0 Å². The van der Waals surface area contributed by atoms with Gasteiger partial charge in [0.2, 0.25) is 11.8 Å². The molecule has 2 N–H and O–H groups in total. The fourth-order valence-electron chi connectivity index (χ4n) is 2.95. The molecule has 1 aliphatic rings. The molecule has 1 fully saturated rings. The Morgan fingerprint density at radius 2 is 1.50 bits per heavy atom. The van der Waals surface area contributed by atoms with E-state index in [9.17, 15) is 9.59 Å². The van der Waals surface area contributed by atoms with Crippen molar-refractivity contribution in [1.29, 1.82) is 0 Å². The van der Waals surface area contributed by atoms with E-state index in [2.05, 4.69) is 10.6 Å². The maximum atomic E-state index is 12.2. The molecule has 0 aliphatic heterocycles. The van der Waals surface area contributed by atoms with Crippen LogP contribution in [0.5, 0.6) is 0 Å². The van der Waals surface area contributed by atoms with Gasteiger partial charge in [-0.3, -0.25) is 9.59 Å². The van der Waals surface area contributed by atoms with Gasteiger partial charge in [-0.1, -0.05) is 47.0 Å². The third kappa shape index (κ3) is 5.98. The molecule has 3 unspecified atom stereocenters. The summed E-state index contributed by atoms with van der Waals surface area (Å²) in [5, 5.41) is 6.24. The van der Waals surface area contributed by atoms with Gasteiger partial charge in [0, 0.05) is 24.4 Å². The highest BCUT2D eigenvalue weighted by Gasteiger charge is 2.27. The second-order valence-corrected chi connectivity index (χ2v) is 6.88. The standard InChI is InChI=1S/C18H34N2O2/c1-5-13(3)17(21)19-12-16(15-10-8-7-9-11-15)20-18(22)14(4)6-2/h13-16H,5-12H2,1-4H3,(H,19,21)(H,20,22). The van der Waals surface area contributed by atoms with Crippen molar-refractivity contribution in [3.05, 3.63) is 0 Å². The molecule has 2 amide bonds. The first-order valence-corrected chi connectivity index (χ1v) is 9.07. The minimum absolute atomic E-state index is 0.0383. The third-order valence-corrected chi connectivity index (χ3v) is 5.16. The lowest BCUT2D eigenvalue weighted by atomic mass is 9.83. The summed E-state index contributed by atoms with van der Waals surface area (Å²) < 4.78 is 0. The van der Waals surface area contributed by atoms with Crippen LogP contribution in [0.1, 0.15) is 72.6 Å². The van der Waals surface area contributed by atoms with Crippen LogP contribution in [0.3, 0.4) is 0 Å². The third-order valence-electron chi connectivity index (χ3n) is 5.16. The summed E-state index contributed by atoms with van der Waals surface area (Å²) in [6.07, 6.45) is 7.78. The van der Waals surface area contributed by atoms with Gasteiger partial charge in [0.05, 0.1) is 0 Å². The summed E-state index contributed by atoms with van der Waals surface area (Å²) in [5.74, 6) is 0.796. The van der Waals surface area contributed by atoms with Crippen molar-refractivity contribution in [3.63, 3.8) is 0 Å². The van der Waals surface area contributed by atoms with Crippen LogP contribution in [-0.2, 0) is 9.59 Å². The van der Waals surface area contributed by atoms with Crippen molar-refractivity contribution >= 4 is 11.8 Å². The van der Waals surface area contributed by atoms with E-state index in [4.69, 9.17) is 0 Å². The number of carbonyl (C=O) groups is 2. The lowest BCUT2D eigenvalue weighted by Gasteiger charge is -2.32. The average Bonchev–Trinajstić information content (AvgIpc) is 2.57.